The standard InChI is InChI=1S/C34H32N6O2/c1-3-35-33(41)25-9-6-10-26(17-25)36-29-21-31(42-32-20-23-8-5-4-7-22(23)18-27(29)32)24-11-12-28-30(19-24)38-34(37-28)40-15-13-39(2)14-16-40/h4-12,17-21H,3,13-16H2,1-2H3,(H,35,41)(H,37,38). The summed E-state index contributed by atoms with van der Waals surface area (Å²) in [5, 5.41) is 6.74. The molecule has 1 aliphatic rings. The first-order valence-electron chi connectivity index (χ1n) is 14.4. The number of hydrogen-bond donors (Lipinski definition) is 2. The molecule has 7 rings (SSSR count). The normalized spacial score (nSPS) is 14.7. The average molecular weight is 557 g/mol. The van der Waals surface area contributed by atoms with Gasteiger partial charge in [0.1, 0.15) is 11.3 Å². The third-order valence-electron chi connectivity index (χ3n) is 7.86. The molecular formula is C34H32N6O2. The number of aromatic nitrogens is 2. The van der Waals surface area contributed by atoms with Gasteiger partial charge in [-0.2, -0.15) is 0 Å². The molecule has 210 valence electrons. The zero-order chi connectivity index (χ0) is 28.6. The zero-order valence-corrected chi connectivity index (χ0v) is 23.7. The van der Waals surface area contributed by atoms with E-state index in [9.17, 15) is 4.79 Å². The highest BCUT2D eigenvalue weighted by Gasteiger charge is 2.18. The summed E-state index contributed by atoms with van der Waals surface area (Å²) in [6.45, 7) is 6.41. The molecule has 2 N–H and O–H groups in total. The van der Waals surface area contributed by atoms with Gasteiger partial charge >= 0.3 is 0 Å². The number of likely N-dealkylation sites (N-methyl/N-ethyl adjacent to an activating group) is 1. The molecule has 0 atom stereocenters. The minimum atomic E-state index is -0.113. The number of nitrogens with one attached hydrogen (secondary N) is 2. The Morgan fingerprint density at radius 3 is 2.57 bits per heavy atom. The second kappa shape index (κ2) is 10.8. The molecule has 1 amide bonds. The van der Waals surface area contributed by atoms with Gasteiger partial charge in [-0.3, -0.25) is 4.79 Å². The van der Waals surface area contributed by atoms with E-state index in [-0.39, 0.29) is 5.91 Å². The summed E-state index contributed by atoms with van der Waals surface area (Å²) in [6, 6.07) is 28.0. The van der Waals surface area contributed by atoms with Gasteiger partial charge in [-0.05, 0) is 73.3 Å². The lowest BCUT2D eigenvalue weighted by atomic mass is 10.1. The predicted octanol–water partition coefficient (Wildman–Crippen LogP) is 5.86. The number of H-pyrrole nitrogens is 1. The van der Waals surface area contributed by atoms with Crippen molar-refractivity contribution in [3.8, 4) is 11.3 Å². The molecule has 0 unspecified atom stereocenters. The first-order chi connectivity index (χ1) is 20.5. The monoisotopic (exact) mass is 556 g/mol. The Labute approximate surface area is 243 Å². The number of rotatable bonds is 5. The second-order valence-corrected chi connectivity index (χ2v) is 10.8. The topological polar surface area (TPSA) is 89.8 Å². The number of carbonyl (C=O) groups is 1. The summed E-state index contributed by atoms with van der Waals surface area (Å²) in [5.41, 5.74) is 4.84. The van der Waals surface area contributed by atoms with Crippen molar-refractivity contribution in [1.82, 2.24) is 20.2 Å². The van der Waals surface area contributed by atoms with Crippen LogP contribution in [-0.2, 0) is 0 Å². The van der Waals surface area contributed by atoms with E-state index in [2.05, 4.69) is 57.5 Å². The maximum Gasteiger partial charge on any atom is 0.251 e. The minimum Gasteiger partial charge on any atom is -0.456 e. The van der Waals surface area contributed by atoms with Crippen molar-refractivity contribution in [2.75, 3.05) is 44.7 Å². The van der Waals surface area contributed by atoms with E-state index in [0.29, 0.717) is 23.6 Å². The molecule has 1 fully saturated rings. The van der Waals surface area contributed by atoms with Crippen LogP contribution in [0.3, 0.4) is 0 Å². The maximum atomic E-state index is 12.5. The molecule has 6 aromatic rings. The summed E-state index contributed by atoms with van der Waals surface area (Å²) in [4.78, 5) is 30.5. The van der Waals surface area contributed by atoms with E-state index in [0.717, 1.165) is 75.8 Å². The number of carbonyl (C=O) groups excluding carboxylic acids is 1. The molecule has 2 aromatic heterocycles. The van der Waals surface area contributed by atoms with Crippen LogP contribution in [0.1, 0.15) is 17.3 Å². The fourth-order valence-electron chi connectivity index (χ4n) is 5.52. The van der Waals surface area contributed by atoms with E-state index >= 15 is 0 Å². The van der Waals surface area contributed by atoms with Gasteiger partial charge in [-0.25, -0.2) is 9.98 Å². The van der Waals surface area contributed by atoms with Gasteiger partial charge < -0.3 is 24.5 Å². The molecule has 8 nitrogen and oxygen atoms in total. The Morgan fingerprint density at radius 2 is 1.76 bits per heavy atom. The molecule has 0 radical (unpaired) electrons. The minimum absolute atomic E-state index is 0.113. The summed E-state index contributed by atoms with van der Waals surface area (Å²) < 4.78 is 6.54. The van der Waals surface area contributed by atoms with E-state index < -0.39 is 0 Å². The van der Waals surface area contributed by atoms with Gasteiger partial charge in [0.2, 0.25) is 5.95 Å². The Hall–Kier alpha value is -4.95. The number of anilines is 1. The fraction of sp³-hybridized carbons (Fsp3) is 0.206. The third kappa shape index (κ3) is 5.01. The van der Waals surface area contributed by atoms with Crippen LogP contribution in [0, 0.1) is 0 Å². The lowest BCUT2D eigenvalue weighted by molar-refractivity contribution is 0.0956. The molecule has 1 saturated heterocycles. The van der Waals surface area contributed by atoms with Crippen molar-refractivity contribution < 1.29 is 9.21 Å². The van der Waals surface area contributed by atoms with Crippen molar-refractivity contribution in [1.29, 1.82) is 0 Å². The molecule has 0 bridgehead atoms. The van der Waals surface area contributed by atoms with Crippen LogP contribution >= 0.6 is 0 Å². The predicted molar refractivity (Wildman–Crippen MR) is 168 cm³/mol. The van der Waals surface area contributed by atoms with E-state index in [1.165, 1.54) is 0 Å². The summed E-state index contributed by atoms with van der Waals surface area (Å²) in [5.74, 6) is 1.49. The number of hydrogen-bond acceptors (Lipinski definition) is 6. The molecule has 1 aliphatic heterocycles. The molecule has 0 saturated carbocycles. The smallest absolute Gasteiger partial charge is 0.251 e. The van der Waals surface area contributed by atoms with Crippen molar-refractivity contribution in [3.05, 3.63) is 95.8 Å². The summed E-state index contributed by atoms with van der Waals surface area (Å²) in [6.07, 6.45) is 0. The van der Waals surface area contributed by atoms with E-state index in [1.54, 1.807) is 6.07 Å². The molecule has 4 aromatic carbocycles. The first-order valence-corrected chi connectivity index (χ1v) is 14.4. The number of benzene rings is 4. The Morgan fingerprint density at radius 1 is 0.952 bits per heavy atom. The van der Waals surface area contributed by atoms with Crippen molar-refractivity contribution in [2.24, 2.45) is 4.99 Å². The van der Waals surface area contributed by atoms with E-state index in [1.807, 2.05) is 55.5 Å². The molecule has 0 aliphatic carbocycles. The lowest BCUT2D eigenvalue weighted by Gasteiger charge is -2.32. The van der Waals surface area contributed by atoms with Crippen LogP contribution in [0.2, 0.25) is 0 Å². The number of fused-ring (bicyclic) bond motifs is 3. The largest absolute Gasteiger partial charge is 0.456 e. The van der Waals surface area contributed by atoms with E-state index in [4.69, 9.17) is 14.4 Å². The van der Waals surface area contributed by atoms with Crippen molar-refractivity contribution in [3.63, 3.8) is 0 Å². The van der Waals surface area contributed by atoms with Gasteiger partial charge in [0, 0.05) is 55.3 Å². The van der Waals surface area contributed by atoms with Crippen molar-refractivity contribution in [2.45, 2.75) is 6.92 Å². The van der Waals surface area contributed by atoms with Crippen molar-refractivity contribution >= 4 is 50.3 Å². The number of piperazine rings is 1. The molecule has 42 heavy (non-hydrogen) atoms. The molecule has 8 heteroatoms. The average Bonchev–Trinajstić information content (AvgIpc) is 3.44. The number of imidazole rings is 1. The van der Waals surface area contributed by atoms with Gasteiger partial charge in [0.15, 0.2) is 0 Å². The van der Waals surface area contributed by atoms with Crippen LogP contribution in [0.4, 0.5) is 11.6 Å². The molecule has 3 heterocycles. The van der Waals surface area contributed by atoms with Crippen LogP contribution in [0.15, 0.2) is 94.3 Å². The second-order valence-electron chi connectivity index (χ2n) is 10.8. The number of amides is 1. The van der Waals surface area contributed by atoms with Gasteiger partial charge in [-0.15, -0.1) is 0 Å². The zero-order valence-electron chi connectivity index (χ0n) is 23.7. The number of nitrogens with zero attached hydrogens (tertiary/aromatic N) is 4. The highest BCUT2D eigenvalue weighted by atomic mass is 16.3. The number of aromatic amines is 1. The quantitative estimate of drug-likeness (QED) is 0.260. The SMILES string of the molecule is CCNC(=O)c1cccc(N=c2cc(-c3ccc4nc(N5CCN(C)CC5)[nH]c4c3)oc3cc4ccccc4cc23)c1. The Bertz CT molecular complexity index is 2020. The highest BCUT2D eigenvalue weighted by Crippen LogP contribution is 2.29. The van der Waals surface area contributed by atoms with Crippen LogP contribution in [0.25, 0.3) is 44.1 Å². The molecule has 0 spiro atoms. The van der Waals surface area contributed by atoms with Crippen LogP contribution in [-0.4, -0.2) is 60.5 Å². The fourth-order valence-corrected chi connectivity index (χ4v) is 5.52. The lowest BCUT2D eigenvalue weighted by Crippen LogP contribution is -2.44. The van der Waals surface area contributed by atoms with Gasteiger partial charge in [0.05, 0.1) is 22.1 Å². The Kier molecular flexibility index (Phi) is 6.68. The third-order valence-corrected chi connectivity index (χ3v) is 7.86. The van der Waals surface area contributed by atoms with Gasteiger partial charge in [-0.1, -0.05) is 30.3 Å². The summed E-state index contributed by atoms with van der Waals surface area (Å²) >= 11 is 0. The Balaban J connectivity index is 1.36. The van der Waals surface area contributed by atoms with Crippen LogP contribution in [0.5, 0.6) is 0 Å². The first kappa shape index (κ1) is 26.0. The van der Waals surface area contributed by atoms with Crippen LogP contribution < -0.4 is 15.6 Å². The highest BCUT2D eigenvalue weighted by molar-refractivity contribution is 5.97. The summed E-state index contributed by atoms with van der Waals surface area (Å²) in [7, 11) is 2.15. The molecular weight excluding hydrogens is 524 g/mol. The maximum absolute atomic E-state index is 12.5. The van der Waals surface area contributed by atoms with Gasteiger partial charge in [0.25, 0.3) is 5.91 Å².